The van der Waals surface area contributed by atoms with E-state index in [0.717, 1.165) is 4.52 Å². The number of hydrogen-bond donors (Lipinski definition) is 2. The maximum atomic E-state index is 12.6. The minimum Gasteiger partial charge on any atom is -0.480 e. The zero-order valence-corrected chi connectivity index (χ0v) is 9.21. The molecule has 0 aliphatic rings. The van der Waals surface area contributed by atoms with Crippen molar-refractivity contribution in [2.24, 2.45) is 0 Å². The fourth-order valence-corrected chi connectivity index (χ4v) is 1.30. The van der Waals surface area contributed by atoms with E-state index in [4.69, 9.17) is 5.11 Å². The topological polar surface area (TPSA) is 92.4 Å². The number of aromatic nitrogens is 4. The summed E-state index contributed by atoms with van der Waals surface area (Å²) in [5.74, 6) is -1.51. The Morgan fingerprint density at radius 3 is 2.78 bits per heavy atom. The Morgan fingerprint density at radius 2 is 2.17 bits per heavy atom. The average molecular weight is 257 g/mol. The van der Waals surface area contributed by atoms with Gasteiger partial charge in [-0.2, -0.15) is 4.52 Å². The highest BCUT2D eigenvalue weighted by Gasteiger charge is 2.18. The number of hydrogen-bond acceptors (Lipinski definition) is 5. The van der Waals surface area contributed by atoms with Gasteiger partial charge >= 0.3 is 5.97 Å². The van der Waals surface area contributed by atoms with Crippen molar-refractivity contribution in [2.75, 3.05) is 5.32 Å². The van der Waals surface area contributed by atoms with E-state index in [1.165, 1.54) is 19.1 Å². The first kappa shape index (κ1) is 12.1. The standard InChI is InChI=1S/C9H9F2N5O2/c1-4(9(17)18)12-5-2-3-6-13-14-8(7(10)11)16(6)15-5/h2-4,7H,1H3,(H,12,15)(H,17,18)/t4-/m0/s1. The summed E-state index contributed by atoms with van der Waals surface area (Å²) in [4.78, 5) is 10.7. The molecule has 0 radical (unpaired) electrons. The highest BCUT2D eigenvalue weighted by Crippen LogP contribution is 2.17. The summed E-state index contributed by atoms with van der Waals surface area (Å²) >= 11 is 0. The number of halogens is 2. The number of aliphatic carboxylic acids is 1. The first-order valence-electron chi connectivity index (χ1n) is 4.99. The molecule has 0 saturated heterocycles. The van der Waals surface area contributed by atoms with E-state index in [0.29, 0.717) is 0 Å². The van der Waals surface area contributed by atoms with Gasteiger partial charge in [-0.3, -0.25) is 4.79 Å². The Kier molecular flexibility index (Phi) is 3.04. The van der Waals surface area contributed by atoms with Crippen LogP contribution >= 0.6 is 0 Å². The van der Waals surface area contributed by atoms with E-state index in [2.05, 4.69) is 20.6 Å². The fraction of sp³-hybridized carbons (Fsp3) is 0.333. The number of carbonyl (C=O) groups is 1. The van der Waals surface area contributed by atoms with E-state index in [9.17, 15) is 13.6 Å². The van der Waals surface area contributed by atoms with Crippen molar-refractivity contribution in [1.29, 1.82) is 0 Å². The Bertz CT molecular complexity index is 585. The van der Waals surface area contributed by atoms with Crippen LogP contribution < -0.4 is 5.32 Å². The molecule has 2 aromatic heterocycles. The molecule has 0 bridgehead atoms. The maximum absolute atomic E-state index is 12.6. The molecular formula is C9H9F2N5O2. The number of nitrogens with zero attached hydrogens (tertiary/aromatic N) is 4. The van der Waals surface area contributed by atoms with Crippen LogP contribution in [0.1, 0.15) is 19.2 Å². The summed E-state index contributed by atoms with van der Waals surface area (Å²) < 4.78 is 26.0. The van der Waals surface area contributed by atoms with Gasteiger partial charge in [-0.25, -0.2) is 8.78 Å². The smallest absolute Gasteiger partial charge is 0.325 e. The molecule has 1 atom stereocenters. The maximum Gasteiger partial charge on any atom is 0.325 e. The van der Waals surface area contributed by atoms with Gasteiger partial charge in [0, 0.05) is 0 Å². The second kappa shape index (κ2) is 4.51. The van der Waals surface area contributed by atoms with Crippen LogP contribution in [-0.4, -0.2) is 36.9 Å². The molecule has 0 spiro atoms. The summed E-state index contributed by atoms with van der Waals surface area (Å²) in [7, 11) is 0. The summed E-state index contributed by atoms with van der Waals surface area (Å²) in [6, 6.07) is 1.98. The van der Waals surface area contributed by atoms with Gasteiger partial charge in [0.1, 0.15) is 11.9 Å². The van der Waals surface area contributed by atoms with Crippen LogP contribution in [0.2, 0.25) is 0 Å². The molecule has 2 heterocycles. The molecule has 0 aromatic carbocycles. The molecule has 2 rings (SSSR count). The zero-order chi connectivity index (χ0) is 13.3. The fourth-order valence-electron chi connectivity index (χ4n) is 1.30. The lowest BCUT2D eigenvalue weighted by Gasteiger charge is -2.09. The third kappa shape index (κ3) is 2.19. The lowest BCUT2D eigenvalue weighted by Crippen LogP contribution is -2.26. The van der Waals surface area contributed by atoms with Gasteiger partial charge in [0.05, 0.1) is 0 Å². The van der Waals surface area contributed by atoms with Gasteiger partial charge in [-0.15, -0.1) is 15.3 Å². The minimum absolute atomic E-state index is 0.152. The van der Waals surface area contributed by atoms with Crippen LogP contribution in [0.3, 0.4) is 0 Å². The molecule has 0 aliphatic heterocycles. The van der Waals surface area contributed by atoms with Crippen molar-refractivity contribution in [3.05, 3.63) is 18.0 Å². The van der Waals surface area contributed by atoms with Crippen LogP contribution in [0.5, 0.6) is 0 Å². The first-order valence-corrected chi connectivity index (χ1v) is 4.99. The molecule has 0 saturated carbocycles. The lowest BCUT2D eigenvalue weighted by atomic mass is 10.3. The summed E-state index contributed by atoms with van der Waals surface area (Å²) in [6.45, 7) is 1.41. The molecule has 0 fully saturated rings. The SMILES string of the molecule is C[C@H](Nc1ccc2nnc(C(F)F)n2n1)C(=O)O. The number of fused-ring (bicyclic) bond motifs is 1. The first-order chi connectivity index (χ1) is 8.49. The van der Waals surface area contributed by atoms with E-state index >= 15 is 0 Å². The molecule has 0 aliphatic carbocycles. The Balaban J connectivity index is 2.36. The molecule has 2 aromatic rings. The van der Waals surface area contributed by atoms with E-state index in [1.807, 2.05) is 0 Å². The predicted octanol–water partition coefficient (Wildman–Crippen LogP) is 0.947. The lowest BCUT2D eigenvalue weighted by molar-refractivity contribution is -0.137. The summed E-state index contributed by atoms with van der Waals surface area (Å²) in [5, 5.41) is 21.9. The van der Waals surface area contributed by atoms with Crippen molar-refractivity contribution in [3.63, 3.8) is 0 Å². The zero-order valence-electron chi connectivity index (χ0n) is 9.21. The van der Waals surface area contributed by atoms with Crippen molar-refractivity contribution < 1.29 is 18.7 Å². The van der Waals surface area contributed by atoms with Gasteiger partial charge in [0.2, 0.25) is 5.82 Å². The molecule has 96 valence electrons. The van der Waals surface area contributed by atoms with Crippen LogP contribution in [0, 0.1) is 0 Å². The number of rotatable bonds is 4. The number of alkyl halides is 2. The minimum atomic E-state index is -2.81. The Hall–Kier alpha value is -2.32. The van der Waals surface area contributed by atoms with Gasteiger partial charge in [-0.05, 0) is 19.1 Å². The van der Waals surface area contributed by atoms with Crippen molar-refractivity contribution >= 4 is 17.4 Å². The van der Waals surface area contributed by atoms with Crippen molar-refractivity contribution in [3.8, 4) is 0 Å². The normalized spacial score (nSPS) is 12.9. The van der Waals surface area contributed by atoms with E-state index in [1.54, 1.807) is 0 Å². The number of carboxylic acids is 1. The molecular weight excluding hydrogens is 248 g/mol. The van der Waals surface area contributed by atoms with E-state index < -0.39 is 24.3 Å². The summed E-state index contributed by atoms with van der Waals surface area (Å²) in [6.07, 6.45) is -2.81. The molecule has 2 N–H and O–H groups in total. The van der Waals surface area contributed by atoms with Crippen LogP contribution in [0.25, 0.3) is 5.65 Å². The second-order valence-corrected chi connectivity index (χ2v) is 3.55. The average Bonchev–Trinajstić information content (AvgIpc) is 2.71. The van der Waals surface area contributed by atoms with Crippen LogP contribution in [0.15, 0.2) is 12.1 Å². The third-order valence-corrected chi connectivity index (χ3v) is 2.22. The number of nitrogens with one attached hydrogen (secondary N) is 1. The van der Waals surface area contributed by atoms with E-state index in [-0.39, 0.29) is 11.5 Å². The Morgan fingerprint density at radius 1 is 1.44 bits per heavy atom. The third-order valence-electron chi connectivity index (χ3n) is 2.22. The number of carboxylic acid groups (broad SMARTS) is 1. The monoisotopic (exact) mass is 257 g/mol. The molecule has 0 unspecified atom stereocenters. The van der Waals surface area contributed by atoms with Gasteiger partial charge in [-0.1, -0.05) is 0 Å². The summed E-state index contributed by atoms with van der Waals surface area (Å²) in [5.41, 5.74) is 0.166. The van der Waals surface area contributed by atoms with Gasteiger partial charge in [0.25, 0.3) is 6.43 Å². The van der Waals surface area contributed by atoms with Crippen molar-refractivity contribution in [2.45, 2.75) is 19.4 Å². The van der Waals surface area contributed by atoms with Gasteiger partial charge < -0.3 is 10.4 Å². The predicted molar refractivity (Wildman–Crippen MR) is 56.5 cm³/mol. The molecule has 7 nitrogen and oxygen atoms in total. The Labute approximate surface area is 99.4 Å². The number of anilines is 1. The van der Waals surface area contributed by atoms with Gasteiger partial charge in [0.15, 0.2) is 5.65 Å². The highest BCUT2D eigenvalue weighted by atomic mass is 19.3. The van der Waals surface area contributed by atoms with Crippen LogP contribution in [-0.2, 0) is 4.79 Å². The quantitative estimate of drug-likeness (QED) is 0.847. The van der Waals surface area contributed by atoms with Crippen LogP contribution in [0.4, 0.5) is 14.6 Å². The molecule has 18 heavy (non-hydrogen) atoms. The molecule has 9 heteroatoms. The second-order valence-electron chi connectivity index (χ2n) is 3.55. The molecule has 0 amide bonds. The van der Waals surface area contributed by atoms with Crippen molar-refractivity contribution in [1.82, 2.24) is 19.8 Å². The largest absolute Gasteiger partial charge is 0.480 e. The highest BCUT2D eigenvalue weighted by molar-refractivity contribution is 5.76.